The molecule has 4 heteroatoms. The molecule has 1 unspecified atom stereocenters. The predicted molar refractivity (Wildman–Crippen MR) is 94.4 cm³/mol. The number of likely N-dealkylation sites (tertiary alicyclic amines) is 1. The third-order valence-corrected chi connectivity index (χ3v) is 4.61. The van der Waals surface area contributed by atoms with Gasteiger partial charge in [0, 0.05) is 31.7 Å². The summed E-state index contributed by atoms with van der Waals surface area (Å²) in [6.07, 6.45) is 2.96. The van der Waals surface area contributed by atoms with E-state index in [4.69, 9.17) is 0 Å². The maximum Gasteiger partial charge on any atom is 0.193 e. The van der Waals surface area contributed by atoms with Gasteiger partial charge < -0.3 is 10.2 Å². The Morgan fingerprint density at radius 3 is 2.70 bits per heavy atom. The molecule has 0 saturated carbocycles. The highest BCUT2D eigenvalue weighted by Gasteiger charge is 2.36. The van der Waals surface area contributed by atoms with Crippen LogP contribution in [-0.4, -0.2) is 36.0 Å². The summed E-state index contributed by atoms with van der Waals surface area (Å²) in [5.74, 6) is 0.954. The van der Waals surface area contributed by atoms with Crippen molar-refractivity contribution in [1.29, 1.82) is 0 Å². The Kier molecular flexibility index (Phi) is 4.60. The molecule has 2 aromatic rings. The third kappa shape index (κ3) is 3.52. The van der Waals surface area contributed by atoms with E-state index in [9.17, 15) is 0 Å². The van der Waals surface area contributed by atoms with E-state index in [0.29, 0.717) is 6.54 Å². The smallest absolute Gasteiger partial charge is 0.193 e. The van der Waals surface area contributed by atoms with Crippen LogP contribution < -0.4 is 5.32 Å². The van der Waals surface area contributed by atoms with Crippen molar-refractivity contribution in [3.8, 4) is 0 Å². The van der Waals surface area contributed by atoms with Crippen LogP contribution in [0.1, 0.15) is 24.6 Å². The Hall–Kier alpha value is -2.36. The molecule has 1 atom stereocenters. The number of aromatic nitrogens is 1. The molecule has 0 bridgehead atoms. The average Bonchev–Trinajstić information content (AvgIpc) is 3.01. The van der Waals surface area contributed by atoms with E-state index in [0.717, 1.165) is 31.2 Å². The van der Waals surface area contributed by atoms with Crippen LogP contribution in [0.2, 0.25) is 0 Å². The first-order chi connectivity index (χ1) is 11.2. The van der Waals surface area contributed by atoms with Crippen LogP contribution in [0.4, 0.5) is 0 Å². The zero-order valence-electron chi connectivity index (χ0n) is 13.9. The molecule has 23 heavy (non-hydrogen) atoms. The zero-order valence-corrected chi connectivity index (χ0v) is 13.9. The SMILES string of the molecule is CN=C(NCc1ccccn1)N1CCC(C)(c2ccccc2)C1. The van der Waals surface area contributed by atoms with Crippen LogP contribution in [0.3, 0.4) is 0 Å². The molecule has 1 saturated heterocycles. The van der Waals surface area contributed by atoms with Gasteiger partial charge in [-0.1, -0.05) is 43.3 Å². The second-order valence-corrected chi connectivity index (χ2v) is 6.32. The summed E-state index contributed by atoms with van der Waals surface area (Å²) in [5, 5.41) is 3.43. The number of guanidine groups is 1. The molecule has 0 spiro atoms. The first-order valence-electron chi connectivity index (χ1n) is 8.12. The van der Waals surface area contributed by atoms with E-state index < -0.39 is 0 Å². The Morgan fingerprint density at radius 1 is 1.22 bits per heavy atom. The minimum Gasteiger partial charge on any atom is -0.351 e. The van der Waals surface area contributed by atoms with E-state index in [2.05, 4.69) is 57.4 Å². The summed E-state index contributed by atoms with van der Waals surface area (Å²) >= 11 is 0. The number of hydrogen-bond donors (Lipinski definition) is 1. The number of rotatable bonds is 3. The number of pyridine rings is 1. The number of hydrogen-bond acceptors (Lipinski definition) is 2. The van der Waals surface area contributed by atoms with Crippen molar-refractivity contribution in [3.05, 3.63) is 66.0 Å². The van der Waals surface area contributed by atoms with Gasteiger partial charge in [-0.3, -0.25) is 9.98 Å². The van der Waals surface area contributed by atoms with Crippen LogP contribution in [0, 0.1) is 0 Å². The van der Waals surface area contributed by atoms with E-state index in [1.54, 1.807) is 0 Å². The van der Waals surface area contributed by atoms with Crippen molar-refractivity contribution >= 4 is 5.96 Å². The van der Waals surface area contributed by atoms with Crippen molar-refractivity contribution in [3.63, 3.8) is 0 Å². The van der Waals surface area contributed by atoms with E-state index in [1.807, 2.05) is 31.4 Å². The van der Waals surface area contributed by atoms with Gasteiger partial charge in [-0.25, -0.2) is 0 Å². The lowest BCUT2D eigenvalue weighted by molar-refractivity contribution is 0.438. The van der Waals surface area contributed by atoms with Crippen molar-refractivity contribution in [1.82, 2.24) is 15.2 Å². The molecule has 4 nitrogen and oxygen atoms in total. The van der Waals surface area contributed by atoms with Gasteiger partial charge in [-0.15, -0.1) is 0 Å². The molecule has 1 fully saturated rings. The Balaban J connectivity index is 1.65. The van der Waals surface area contributed by atoms with Gasteiger partial charge >= 0.3 is 0 Å². The molecular weight excluding hydrogens is 284 g/mol. The quantitative estimate of drug-likeness (QED) is 0.700. The summed E-state index contributed by atoms with van der Waals surface area (Å²) in [4.78, 5) is 11.1. The molecule has 1 aromatic heterocycles. The average molecular weight is 308 g/mol. The topological polar surface area (TPSA) is 40.5 Å². The van der Waals surface area contributed by atoms with E-state index >= 15 is 0 Å². The first-order valence-corrected chi connectivity index (χ1v) is 8.12. The monoisotopic (exact) mass is 308 g/mol. The summed E-state index contributed by atoms with van der Waals surface area (Å²) in [7, 11) is 1.85. The van der Waals surface area contributed by atoms with E-state index in [-0.39, 0.29) is 5.41 Å². The molecule has 3 rings (SSSR count). The Morgan fingerprint density at radius 2 is 2.00 bits per heavy atom. The summed E-state index contributed by atoms with van der Waals surface area (Å²) in [5.41, 5.74) is 2.62. The molecule has 0 aliphatic carbocycles. The molecule has 1 N–H and O–H groups in total. The Labute approximate surface area is 138 Å². The van der Waals surface area contributed by atoms with E-state index in [1.165, 1.54) is 5.56 Å². The van der Waals surface area contributed by atoms with Crippen molar-refractivity contribution in [2.24, 2.45) is 4.99 Å². The lowest BCUT2D eigenvalue weighted by Crippen LogP contribution is -2.41. The van der Waals surface area contributed by atoms with Crippen molar-refractivity contribution < 1.29 is 0 Å². The highest BCUT2D eigenvalue weighted by molar-refractivity contribution is 5.80. The third-order valence-electron chi connectivity index (χ3n) is 4.61. The van der Waals surface area contributed by atoms with Crippen molar-refractivity contribution in [2.75, 3.05) is 20.1 Å². The Bertz CT molecular complexity index is 654. The van der Waals surface area contributed by atoms with Gasteiger partial charge in [0.2, 0.25) is 0 Å². The lowest BCUT2D eigenvalue weighted by atomic mass is 9.82. The standard InChI is InChI=1S/C19H24N4/c1-19(16-8-4-3-5-9-16)11-13-23(15-19)18(20-2)22-14-17-10-6-7-12-21-17/h3-10,12H,11,13-15H2,1-2H3,(H,20,22). The number of benzene rings is 1. The minimum absolute atomic E-state index is 0.184. The number of nitrogens with zero attached hydrogens (tertiary/aromatic N) is 3. The maximum absolute atomic E-state index is 4.45. The van der Waals surface area contributed by atoms with Gasteiger partial charge in [-0.05, 0) is 24.1 Å². The summed E-state index contributed by atoms with van der Waals surface area (Å²) in [6, 6.07) is 16.8. The fourth-order valence-electron chi connectivity index (χ4n) is 3.22. The minimum atomic E-state index is 0.184. The van der Waals surface area contributed by atoms with Crippen LogP contribution in [0.15, 0.2) is 59.7 Å². The molecule has 2 heterocycles. The largest absolute Gasteiger partial charge is 0.351 e. The summed E-state index contributed by atoms with van der Waals surface area (Å²) < 4.78 is 0. The molecular formula is C19H24N4. The molecule has 1 aliphatic heterocycles. The van der Waals surface area contributed by atoms with Crippen LogP contribution in [0.25, 0.3) is 0 Å². The molecule has 1 aliphatic rings. The van der Waals surface area contributed by atoms with Gasteiger partial charge in [0.15, 0.2) is 5.96 Å². The highest BCUT2D eigenvalue weighted by atomic mass is 15.3. The zero-order chi connectivity index (χ0) is 16.1. The van der Waals surface area contributed by atoms with Gasteiger partial charge in [0.1, 0.15) is 0 Å². The van der Waals surface area contributed by atoms with Gasteiger partial charge in [0.25, 0.3) is 0 Å². The lowest BCUT2D eigenvalue weighted by Gasteiger charge is -2.27. The fraction of sp³-hybridized carbons (Fsp3) is 0.368. The van der Waals surface area contributed by atoms with Crippen LogP contribution in [0.5, 0.6) is 0 Å². The molecule has 0 amide bonds. The fourth-order valence-corrected chi connectivity index (χ4v) is 3.22. The first kappa shape index (κ1) is 15.5. The molecule has 1 aromatic carbocycles. The second-order valence-electron chi connectivity index (χ2n) is 6.32. The predicted octanol–water partition coefficient (Wildman–Crippen LogP) is 2.82. The molecule has 120 valence electrons. The number of nitrogens with one attached hydrogen (secondary N) is 1. The van der Waals surface area contributed by atoms with Gasteiger partial charge in [0.05, 0.1) is 12.2 Å². The maximum atomic E-state index is 4.45. The normalized spacial score (nSPS) is 21.5. The summed E-state index contributed by atoms with van der Waals surface area (Å²) in [6.45, 7) is 5.05. The van der Waals surface area contributed by atoms with Crippen LogP contribution in [-0.2, 0) is 12.0 Å². The molecule has 0 radical (unpaired) electrons. The highest BCUT2D eigenvalue weighted by Crippen LogP contribution is 2.33. The number of aliphatic imine (C=N–C) groups is 1. The van der Waals surface area contributed by atoms with Gasteiger partial charge in [-0.2, -0.15) is 0 Å². The van der Waals surface area contributed by atoms with Crippen molar-refractivity contribution in [2.45, 2.75) is 25.3 Å². The second kappa shape index (κ2) is 6.82. The van der Waals surface area contributed by atoms with Crippen LogP contribution >= 0.6 is 0 Å².